The third-order valence-electron chi connectivity index (χ3n) is 4.39. The van der Waals surface area contributed by atoms with E-state index in [-0.39, 0.29) is 18.1 Å². The third kappa shape index (κ3) is 4.32. The predicted molar refractivity (Wildman–Crippen MR) is 98.2 cm³/mol. The first-order valence-corrected chi connectivity index (χ1v) is 8.69. The van der Waals surface area contributed by atoms with E-state index in [9.17, 15) is 4.79 Å². The van der Waals surface area contributed by atoms with Gasteiger partial charge < -0.3 is 14.8 Å². The molecule has 4 heteroatoms. The molecule has 0 saturated carbocycles. The van der Waals surface area contributed by atoms with Gasteiger partial charge in [-0.15, -0.1) is 0 Å². The van der Waals surface area contributed by atoms with Crippen molar-refractivity contribution in [2.75, 3.05) is 13.2 Å². The van der Waals surface area contributed by atoms with E-state index in [1.807, 2.05) is 30.3 Å². The summed E-state index contributed by atoms with van der Waals surface area (Å²) in [5.74, 6) is 1.28. The first-order valence-electron chi connectivity index (χ1n) is 8.69. The molecule has 0 unspecified atom stereocenters. The van der Waals surface area contributed by atoms with Crippen molar-refractivity contribution in [3.63, 3.8) is 0 Å². The number of nitrogens with one attached hydrogen (secondary N) is 1. The molecule has 1 amide bonds. The number of carbonyl (C=O) groups is 1. The number of ether oxygens (including phenoxy) is 2. The molecule has 0 aromatic heterocycles. The van der Waals surface area contributed by atoms with Gasteiger partial charge in [0.15, 0.2) is 18.1 Å². The molecule has 0 atom stereocenters. The standard InChI is InChI=1S/C21H25NO3/c1-15-7-4-5-8-16(15)11-12-22-19(23)14-24-18-10-6-9-17-13-21(2,3)25-20(17)18/h4-10H,11-14H2,1-3H3,(H,22,23). The summed E-state index contributed by atoms with van der Waals surface area (Å²) < 4.78 is 11.6. The molecule has 1 aliphatic rings. The maximum atomic E-state index is 12.0. The minimum absolute atomic E-state index is 0.00594. The Balaban J connectivity index is 1.49. The summed E-state index contributed by atoms with van der Waals surface area (Å²) in [7, 11) is 0. The average Bonchev–Trinajstić information content (AvgIpc) is 2.89. The smallest absolute Gasteiger partial charge is 0.257 e. The molecule has 0 spiro atoms. The molecule has 0 aliphatic carbocycles. The zero-order valence-electron chi connectivity index (χ0n) is 15.1. The van der Waals surface area contributed by atoms with Gasteiger partial charge in [0.05, 0.1) is 0 Å². The second kappa shape index (κ2) is 7.18. The first kappa shape index (κ1) is 17.3. The Hall–Kier alpha value is -2.49. The lowest BCUT2D eigenvalue weighted by atomic mass is 10.0. The van der Waals surface area contributed by atoms with Crippen LogP contribution in [0.3, 0.4) is 0 Å². The molecule has 0 radical (unpaired) electrons. The fraction of sp³-hybridized carbons (Fsp3) is 0.381. The van der Waals surface area contributed by atoms with Crippen molar-refractivity contribution in [2.24, 2.45) is 0 Å². The highest BCUT2D eigenvalue weighted by molar-refractivity contribution is 5.77. The van der Waals surface area contributed by atoms with Crippen LogP contribution in [0.2, 0.25) is 0 Å². The van der Waals surface area contributed by atoms with E-state index in [2.05, 4.69) is 38.2 Å². The molecular weight excluding hydrogens is 314 g/mol. The van der Waals surface area contributed by atoms with Crippen molar-refractivity contribution in [3.05, 3.63) is 59.2 Å². The number of hydrogen-bond acceptors (Lipinski definition) is 3. The summed E-state index contributed by atoms with van der Waals surface area (Å²) in [6.45, 7) is 6.78. The van der Waals surface area contributed by atoms with Crippen LogP contribution in [-0.2, 0) is 17.6 Å². The Kier molecular flexibility index (Phi) is 4.98. The molecule has 0 fully saturated rings. The molecule has 3 rings (SSSR count). The summed E-state index contributed by atoms with van der Waals surface area (Å²) in [4.78, 5) is 12.0. The lowest BCUT2D eigenvalue weighted by Gasteiger charge is -2.18. The number of benzene rings is 2. The second-order valence-electron chi connectivity index (χ2n) is 7.10. The van der Waals surface area contributed by atoms with Gasteiger partial charge in [0.1, 0.15) is 5.60 Å². The van der Waals surface area contributed by atoms with Crippen LogP contribution in [0.4, 0.5) is 0 Å². The zero-order chi connectivity index (χ0) is 17.9. The number of hydrogen-bond donors (Lipinski definition) is 1. The molecule has 25 heavy (non-hydrogen) atoms. The molecule has 1 aliphatic heterocycles. The molecule has 132 valence electrons. The SMILES string of the molecule is Cc1ccccc1CCNC(=O)COc1cccc2c1OC(C)(C)C2. The second-order valence-corrected chi connectivity index (χ2v) is 7.10. The number of fused-ring (bicyclic) bond motifs is 1. The largest absolute Gasteiger partial charge is 0.483 e. The van der Waals surface area contributed by atoms with Gasteiger partial charge in [0.25, 0.3) is 5.91 Å². The van der Waals surface area contributed by atoms with Crippen molar-refractivity contribution in [1.29, 1.82) is 0 Å². The topological polar surface area (TPSA) is 47.6 Å². The summed E-state index contributed by atoms with van der Waals surface area (Å²) in [6.07, 6.45) is 1.67. The van der Waals surface area contributed by atoms with Crippen LogP contribution in [0.25, 0.3) is 0 Å². The van der Waals surface area contributed by atoms with Gasteiger partial charge in [-0.05, 0) is 44.4 Å². The lowest BCUT2D eigenvalue weighted by molar-refractivity contribution is -0.123. The normalized spacial score (nSPS) is 14.5. The van der Waals surface area contributed by atoms with Gasteiger partial charge >= 0.3 is 0 Å². The predicted octanol–water partition coefficient (Wildman–Crippen LogP) is 3.45. The molecule has 1 N–H and O–H groups in total. The first-order chi connectivity index (χ1) is 11.9. The summed E-state index contributed by atoms with van der Waals surface area (Å²) >= 11 is 0. The van der Waals surface area contributed by atoms with Crippen molar-refractivity contribution in [2.45, 2.75) is 39.2 Å². The molecule has 4 nitrogen and oxygen atoms in total. The maximum Gasteiger partial charge on any atom is 0.257 e. The highest BCUT2D eigenvalue weighted by atomic mass is 16.5. The van der Waals surface area contributed by atoms with Crippen molar-refractivity contribution < 1.29 is 14.3 Å². The van der Waals surface area contributed by atoms with Crippen molar-refractivity contribution in [1.82, 2.24) is 5.32 Å². The van der Waals surface area contributed by atoms with E-state index in [1.54, 1.807) is 0 Å². The Morgan fingerprint density at radius 1 is 1.20 bits per heavy atom. The van der Waals surface area contributed by atoms with Gasteiger partial charge in [0, 0.05) is 18.5 Å². The van der Waals surface area contributed by atoms with E-state index in [4.69, 9.17) is 9.47 Å². The van der Waals surface area contributed by atoms with Crippen LogP contribution in [0.5, 0.6) is 11.5 Å². The molecule has 2 aromatic carbocycles. The molecular formula is C21H25NO3. The van der Waals surface area contributed by atoms with Gasteiger partial charge in [-0.25, -0.2) is 0 Å². The number of rotatable bonds is 6. The summed E-state index contributed by atoms with van der Waals surface area (Å²) in [6, 6.07) is 14.0. The van der Waals surface area contributed by atoms with Crippen LogP contribution < -0.4 is 14.8 Å². The fourth-order valence-corrected chi connectivity index (χ4v) is 3.12. The van der Waals surface area contributed by atoms with Crippen LogP contribution in [-0.4, -0.2) is 24.7 Å². The summed E-state index contributed by atoms with van der Waals surface area (Å²) in [5, 5.41) is 2.91. The van der Waals surface area contributed by atoms with Gasteiger partial charge in [-0.3, -0.25) is 4.79 Å². The minimum atomic E-state index is -0.225. The van der Waals surface area contributed by atoms with Crippen LogP contribution in [0, 0.1) is 6.92 Å². The highest BCUT2D eigenvalue weighted by Gasteiger charge is 2.32. The van der Waals surface area contributed by atoms with E-state index < -0.39 is 0 Å². The Labute approximate surface area is 149 Å². The summed E-state index contributed by atoms with van der Waals surface area (Å²) in [5.41, 5.74) is 3.40. The number of aryl methyl sites for hydroxylation is 1. The van der Waals surface area contributed by atoms with Crippen LogP contribution in [0.15, 0.2) is 42.5 Å². The Morgan fingerprint density at radius 2 is 2.00 bits per heavy atom. The lowest BCUT2D eigenvalue weighted by Crippen LogP contribution is -2.30. The average molecular weight is 339 g/mol. The zero-order valence-corrected chi connectivity index (χ0v) is 15.1. The highest BCUT2D eigenvalue weighted by Crippen LogP contribution is 2.41. The molecule has 1 heterocycles. The van der Waals surface area contributed by atoms with E-state index >= 15 is 0 Å². The number of amides is 1. The van der Waals surface area contributed by atoms with Crippen molar-refractivity contribution >= 4 is 5.91 Å². The number of carbonyl (C=O) groups excluding carboxylic acids is 1. The van der Waals surface area contributed by atoms with Crippen molar-refractivity contribution in [3.8, 4) is 11.5 Å². The van der Waals surface area contributed by atoms with Crippen LogP contribution in [0.1, 0.15) is 30.5 Å². The fourth-order valence-electron chi connectivity index (χ4n) is 3.12. The monoisotopic (exact) mass is 339 g/mol. The Morgan fingerprint density at radius 3 is 2.80 bits per heavy atom. The van der Waals surface area contributed by atoms with Gasteiger partial charge in [-0.1, -0.05) is 36.4 Å². The maximum absolute atomic E-state index is 12.0. The molecule has 0 bridgehead atoms. The van der Waals surface area contributed by atoms with E-state index in [1.165, 1.54) is 11.1 Å². The van der Waals surface area contributed by atoms with Gasteiger partial charge in [-0.2, -0.15) is 0 Å². The van der Waals surface area contributed by atoms with E-state index in [0.29, 0.717) is 12.3 Å². The van der Waals surface area contributed by atoms with Gasteiger partial charge in [0.2, 0.25) is 0 Å². The van der Waals surface area contributed by atoms with Crippen LogP contribution >= 0.6 is 0 Å². The number of para-hydroxylation sites is 1. The van der Waals surface area contributed by atoms with E-state index in [0.717, 1.165) is 24.2 Å². The third-order valence-corrected chi connectivity index (χ3v) is 4.39. The quantitative estimate of drug-likeness (QED) is 0.877. The molecule has 0 saturated heterocycles. The molecule has 2 aromatic rings. The minimum Gasteiger partial charge on any atom is -0.483 e. The Bertz CT molecular complexity index is 767.